The van der Waals surface area contributed by atoms with Crippen LogP contribution >= 0.6 is 0 Å². The van der Waals surface area contributed by atoms with Crippen molar-refractivity contribution in [1.29, 1.82) is 0 Å². The van der Waals surface area contributed by atoms with Gasteiger partial charge in [0.25, 0.3) is 0 Å². The van der Waals surface area contributed by atoms with Crippen molar-refractivity contribution in [1.82, 2.24) is 20.1 Å². The molecule has 0 radical (unpaired) electrons. The first-order chi connectivity index (χ1) is 10.3. The highest BCUT2D eigenvalue weighted by Crippen LogP contribution is 2.18. The van der Waals surface area contributed by atoms with E-state index in [1.165, 1.54) is 0 Å². The summed E-state index contributed by atoms with van der Waals surface area (Å²) in [5.74, 6) is 1.01. The molecule has 3 rings (SSSR count). The summed E-state index contributed by atoms with van der Waals surface area (Å²) in [6, 6.07) is 5.70. The van der Waals surface area contributed by atoms with Gasteiger partial charge in [-0.25, -0.2) is 9.67 Å². The van der Waals surface area contributed by atoms with Crippen LogP contribution in [0.25, 0.3) is 5.82 Å². The Kier molecular flexibility index (Phi) is 4.09. The van der Waals surface area contributed by atoms with Gasteiger partial charge >= 0.3 is 0 Å². The zero-order valence-corrected chi connectivity index (χ0v) is 11.8. The summed E-state index contributed by atoms with van der Waals surface area (Å²) in [5, 5.41) is 7.17. The van der Waals surface area contributed by atoms with Gasteiger partial charge < -0.3 is 5.32 Å². The summed E-state index contributed by atoms with van der Waals surface area (Å²) in [4.78, 5) is 16.4. The third kappa shape index (κ3) is 3.37. The van der Waals surface area contributed by atoms with E-state index < -0.39 is 0 Å². The minimum absolute atomic E-state index is 0.113. The van der Waals surface area contributed by atoms with E-state index in [0.29, 0.717) is 6.54 Å². The second kappa shape index (κ2) is 6.35. The van der Waals surface area contributed by atoms with Crippen LogP contribution in [0.15, 0.2) is 48.9 Å². The topological polar surface area (TPSA) is 59.8 Å². The predicted octanol–water partition coefficient (Wildman–Crippen LogP) is 2.24. The van der Waals surface area contributed by atoms with Crippen LogP contribution in [0.2, 0.25) is 0 Å². The van der Waals surface area contributed by atoms with E-state index in [9.17, 15) is 4.79 Å². The van der Waals surface area contributed by atoms with Gasteiger partial charge in [-0.3, -0.25) is 4.79 Å². The Hall–Kier alpha value is -2.43. The van der Waals surface area contributed by atoms with Gasteiger partial charge in [0, 0.05) is 31.1 Å². The molecule has 0 bridgehead atoms. The molecule has 0 unspecified atom stereocenters. The van der Waals surface area contributed by atoms with Crippen molar-refractivity contribution in [2.24, 2.45) is 5.92 Å². The predicted molar refractivity (Wildman–Crippen MR) is 79.7 cm³/mol. The first-order valence-corrected chi connectivity index (χ1v) is 7.20. The second-order valence-electron chi connectivity index (χ2n) is 5.17. The molecule has 1 atom stereocenters. The first-order valence-electron chi connectivity index (χ1n) is 7.20. The van der Waals surface area contributed by atoms with E-state index in [1.54, 1.807) is 17.1 Å². The van der Waals surface area contributed by atoms with Crippen molar-refractivity contribution in [2.45, 2.75) is 25.8 Å². The van der Waals surface area contributed by atoms with Gasteiger partial charge in [-0.1, -0.05) is 12.2 Å². The average Bonchev–Trinajstić information content (AvgIpc) is 3.08. The van der Waals surface area contributed by atoms with Crippen molar-refractivity contribution < 1.29 is 4.79 Å². The SMILES string of the molecule is O=C(NCc1ccnc(-n2cccn2)c1)[C@H]1CC=CCC1. The molecular weight excluding hydrogens is 264 g/mol. The summed E-state index contributed by atoms with van der Waals surface area (Å²) < 4.78 is 1.71. The highest BCUT2D eigenvalue weighted by atomic mass is 16.1. The van der Waals surface area contributed by atoms with Gasteiger partial charge in [-0.05, 0) is 43.0 Å². The molecule has 2 aromatic heterocycles. The molecule has 5 heteroatoms. The molecular formula is C16H18N4O. The highest BCUT2D eigenvalue weighted by Gasteiger charge is 2.18. The summed E-state index contributed by atoms with van der Waals surface area (Å²) in [5.41, 5.74) is 1.02. The van der Waals surface area contributed by atoms with Gasteiger partial charge in [0.05, 0.1) is 0 Å². The van der Waals surface area contributed by atoms with Gasteiger partial charge in [-0.15, -0.1) is 0 Å². The van der Waals surface area contributed by atoms with Crippen LogP contribution in [0.3, 0.4) is 0 Å². The summed E-state index contributed by atoms with van der Waals surface area (Å²) in [7, 11) is 0. The van der Waals surface area contributed by atoms with Gasteiger partial charge in [0.1, 0.15) is 0 Å². The molecule has 2 aromatic rings. The lowest BCUT2D eigenvalue weighted by molar-refractivity contribution is -0.125. The molecule has 1 N–H and O–H groups in total. The lowest BCUT2D eigenvalue weighted by Crippen LogP contribution is -2.30. The number of hydrogen-bond donors (Lipinski definition) is 1. The number of nitrogens with one attached hydrogen (secondary N) is 1. The van der Waals surface area contributed by atoms with Crippen LogP contribution in [0, 0.1) is 5.92 Å². The maximum absolute atomic E-state index is 12.1. The Morgan fingerprint density at radius 3 is 3.10 bits per heavy atom. The monoisotopic (exact) mass is 282 g/mol. The Morgan fingerprint density at radius 1 is 1.38 bits per heavy atom. The fourth-order valence-corrected chi connectivity index (χ4v) is 2.47. The molecule has 1 aliphatic rings. The van der Waals surface area contributed by atoms with E-state index >= 15 is 0 Å². The fraction of sp³-hybridized carbons (Fsp3) is 0.312. The van der Waals surface area contributed by atoms with Crippen LogP contribution in [0.5, 0.6) is 0 Å². The summed E-state index contributed by atoms with van der Waals surface area (Å²) in [6.45, 7) is 0.524. The summed E-state index contributed by atoms with van der Waals surface area (Å²) >= 11 is 0. The van der Waals surface area contributed by atoms with Crippen LogP contribution in [0.1, 0.15) is 24.8 Å². The molecule has 0 aliphatic heterocycles. The third-order valence-corrected chi connectivity index (χ3v) is 3.66. The normalized spacial score (nSPS) is 17.6. The maximum atomic E-state index is 12.1. The number of aromatic nitrogens is 3. The lowest BCUT2D eigenvalue weighted by Gasteiger charge is -2.17. The van der Waals surface area contributed by atoms with Crippen LogP contribution in [0.4, 0.5) is 0 Å². The zero-order valence-electron chi connectivity index (χ0n) is 11.8. The van der Waals surface area contributed by atoms with E-state index in [-0.39, 0.29) is 11.8 Å². The number of hydrogen-bond acceptors (Lipinski definition) is 3. The van der Waals surface area contributed by atoms with Gasteiger partial charge in [0.2, 0.25) is 5.91 Å². The van der Waals surface area contributed by atoms with E-state index in [1.807, 2.05) is 24.4 Å². The molecule has 21 heavy (non-hydrogen) atoms. The van der Waals surface area contributed by atoms with E-state index in [2.05, 4.69) is 27.6 Å². The van der Waals surface area contributed by atoms with Crippen molar-refractivity contribution >= 4 is 5.91 Å². The number of amides is 1. The number of pyridine rings is 1. The van der Waals surface area contributed by atoms with Gasteiger partial charge in [-0.2, -0.15) is 5.10 Å². The minimum Gasteiger partial charge on any atom is -0.352 e. The van der Waals surface area contributed by atoms with Crippen molar-refractivity contribution in [3.63, 3.8) is 0 Å². The molecule has 0 aromatic carbocycles. The molecule has 5 nitrogen and oxygen atoms in total. The summed E-state index contributed by atoms with van der Waals surface area (Å²) in [6.07, 6.45) is 12.3. The minimum atomic E-state index is 0.113. The number of rotatable bonds is 4. The Bertz CT molecular complexity index is 633. The quantitative estimate of drug-likeness (QED) is 0.875. The fourth-order valence-electron chi connectivity index (χ4n) is 2.47. The van der Waals surface area contributed by atoms with Crippen molar-refractivity contribution in [3.05, 3.63) is 54.5 Å². The number of carbonyl (C=O) groups excluding carboxylic acids is 1. The Morgan fingerprint density at radius 2 is 2.33 bits per heavy atom. The van der Waals surface area contributed by atoms with Crippen LogP contribution < -0.4 is 5.32 Å². The Labute approximate surface area is 123 Å². The molecule has 2 heterocycles. The first kappa shape index (κ1) is 13.5. The van der Waals surface area contributed by atoms with Crippen molar-refractivity contribution in [3.8, 4) is 5.82 Å². The number of allylic oxidation sites excluding steroid dienone is 2. The number of nitrogens with zero attached hydrogens (tertiary/aromatic N) is 3. The largest absolute Gasteiger partial charge is 0.352 e. The second-order valence-corrected chi connectivity index (χ2v) is 5.17. The molecule has 0 spiro atoms. The maximum Gasteiger partial charge on any atom is 0.223 e. The molecule has 0 saturated carbocycles. The molecule has 108 valence electrons. The molecule has 1 amide bonds. The van der Waals surface area contributed by atoms with Crippen LogP contribution in [-0.2, 0) is 11.3 Å². The average molecular weight is 282 g/mol. The number of carbonyl (C=O) groups is 1. The standard InChI is InChI=1S/C16H18N4O/c21-16(14-5-2-1-3-6-14)18-12-13-7-9-17-15(11-13)20-10-4-8-19-20/h1-2,4,7-11,14H,3,5-6,12H2,(H,18,21)/t14-/m0/s1. The van der Waals surface area contributed by atoms with Crippen molar-refractivity contribution in [2.75, 3.05) is 0 Å². The lowest BCUT2D eigenvalue weighted by atomic mass is 9.93. The molecule has 1 aliphatic carbocycles. The third-order valence-electron chi connectivity index (χ3n) is 3.66. The van der Waals surface area contributed by atoms with E-state index in [4.69, 9.17) is 0 Å². The Balaban J connectivity index is 1.61. The zero-order chi connectivity index (χ0) is 14.5. The molecule has 0 saturated heterocycles. The highest BCUT2D eigenvalue weighted by molar-refractivity contribution is 5.78. The molecule has 0 fully saturated rings. The van der Waals surface area contributed by atoms with Gasteiger partial charge in [0.15, 0.2) is 5.82 Å². The smallest absolute Gasteiger partial charge is 0.223 e. The van der Waals surface area contributed by atoms with Crippen LogP contribution in [-0.4, -0.2) is 20.7 Å². The van der Waals surface area contributed by atoms with E-state index in [0.717, 1.165) is 30.6 Å².